The summed E-state index contributed by atoms with van der Waals surface area (Å²) in [6.07, 6.45) is -0.330. The van der Waals surface area contributed by atoms with E-state index < -0.39 is 29.3 Å². The zero-order valence-corrected chi connectivity index (χ0v) is 8.21. The Balaban J connectivity index is 0.00000225. The summed E-state index contributed by atoms with van der Waals surface area (Å²) in [4.78, 5) is 10.4. The van der Waals surface area contributed by atoms with Gasteiger partial charge in [0.2, 0.25) is 0 Å². The number of phenolic OH excluding ortho intramolecular Hbond substituents is 3. The zero-order chi connectivity index (χ0) is 11.6. The van der Waals surface area contributed by atoms with E-state index >= 15 is 0 Å². The summed E-state index contributed by atoms with van der Waals surface area (Å²) in [7, 11) is 0. The van der Waals surface area contributed by atoms with Crippen LogP contribution in [0.5, 0.6) is 17.2 Å². The zero-order valence-electron chi connectivity index (χ0n) is 8.21. The average Bonchev–Trinajstić information content (AvgIpc) is 2.12. The molecule has 7 heteroatoms. The normalized spacial score (nSPS) is 11.6. The summed E-state index contributed by atoms with van der Waals surface area (Å²) in [5.41, 5.74) is 5.74. The van der Waals surface area contributed by atoms with Crippen LogP contribution in [-0.2, 0) is 4.79 Å². The molecule has 0 heterocycles. The lowest BCUT2D eigenvalue weighted by molar-refractivity contribution is -0.137. The van der Waals surface area contributed by atoms with E-state index in [4.69, 9.17) is 26.2 Å². The SMILES string of the molecule is NC(CC(=O)O)c1cc(O)c(O)c(O)c1.O. The van der Waals surface area contributed by atoms with Crippen molar-refractivity contribution in [2.45, 2.75) is 12.5 Å². The molecule has 90 valence electrons. The number of rotatable bonds is 3. The minimum absolute atomic E-state index is 0. The van der Waals surface area contributed by atoms with E-state index in [1.165, 1.54) is 0 Å². The Bertz CT molecular complexity index is 369. The van der Waals surface area contributed by atoms with Gasteiger partial charge in [-0.1, -0.05) is 0 Å². The highest BCUT2D eigenvalue weighted by Gasteiger charge is 2.15. The molecule has 1 aromatic carbocycles. The first-order valence-electron chi connectivity index (χ1n) is 4.14. The molecule has 0 saturated heterocycles. The topological polar surface area (TPSA) is 156 Å². The van der Waals surface area contributed by atoms with Crippen LogP contribution in [0.4, 0.5) is 0 Å². The number of hydrogen-bond donors (Lipinski definition) is 5. The van der Waals surface area contributed by atoms with Gasteiger partial charge < -0.3 is 31.6 Å². The maximum absolute atomic E-state index is 10.4. The van der Waals surface area contributed by atoms with Gasteiger partial charge in [-0.05, 0) is 17.7 Å². The number of benzene rings is 1. The van der Waals surface area contributed by atoms with Crippen LogP contribution in [0, 0.1) is 0 Å². The molecular formula is C9H13NO6. The van der Waals surface area contributed by atoms with Crippen molar-refractivity contribution in [1.29, 1.82) is 0 Å². The average molecular weight is 231 g/mol. The van der Waals surface area contributed by atoms with Crippen LogP contribution >= 0.6 is 0 Å². The van der Waals surface area contributed by atoms with Gasteiger partial charge in [0.15, 0.2) is 17.2 Å². The molecule has 7 nitrogen and oxygen atoms in total. The number of carboxylic acid groups (broad SMARTS) is 1. The summed E-state index contributed by atoms with van der Waals surface area (Å²) in [6, 6.07) is 1.38. The van der Waals surface area contributed by atoms with E-state index in [1.807, 2.05) is 0 Å². The molecule has 1 atom stereocenters. The van der Waals surface area contributed by atoms with E-state index in [-0.39, 0.29) is 17.5 Å². The molecule has 0 spiro atoms. The third kappa shape index (κ3) is 3.01. The highest BCUT2D eigenvalue weighted by molar-refractivity contribution is 5.68. The van der Waals surface area contributed by atoms with E-state index in [9.17, 15) is 4.79 Å². The van der Waals surface area contributed by atoms with Crippen molar-refractivity contribution in [3.63, 3.8) is 0 Å². The molecule has 0 aliphatic carbocycles. The van der Waals surface area contributed by atoms with Gasteiger partial charge in [-0.2, -0.15) is 0 Å². The lowest BCUT2D eigenvalue weighted by Crippen LogP contribution is -2.14. The molecule has 0 fully saturated rings. The number of aromatic hydroxyl groups is 3. The molecular weight excluding hydrogens is 218 g/mol. The van der Waals surface area contributed by atoms with Crippen LogP contribution in [0.15, 0.2) is 12.1 Å². The standard InChI is InChI=1S/C9H11NO5.H2O/c10-5(3-8(13)14)4-1-6(11)9(15)7(12)2-4;/h1-2,5,11-12,15H,3,10H2,(H,13,14);1H2. The fourth-order valence-corrected chi connectivity index (χ4v) is 1.15. The first-order valence-corrected chi connectivity index (χ1v) is 4.14. The number of carboxylic acids is 1. The predicted molar refractivity (Wildman–Crippen MR) is 54.2 cm³/mol. The Morgan fingerprint density at radius 2 is 1.69 bits per heavy atom. The molecule has 0 aliphatic heterocycles. The van der Waals surface area contributed by atoms with Crippen molar-refractivity contribution in [2.75, 3.05) is 0 Å². The van der Waals surface area contributed by atoms with Crippen molar-refractivity contribution in [3.05, 3.63) is 17.7 Å². The van der Waals surface area contributed by atoms with Crippen molar-refractivity contribution in [3.8, 4) is 17.2 Å². The molecule has 0 aromatic heterocycles. The van der Waals surface area contributed by atoms with Gasteiger partial charge in [0, 0.05) is 6.04 Å². The summed E-state index contributed by atoms with van der Waals surface area (Å²) in [5, 5.41) is 35.8. The number of carbonyl (C=O) groups is 1. The molecule has 0 aliphatic rings. The van der Waals surface area contributed by atoms with Gasteiger partial charge in [-0.15, -0.1) is 0 Å². The maximum atomic E-state index is 10.4. The minimum atomic E-state index is -1.09. The summed E-state index contributed by atoms with van der Waals surface area (Å²) in [6.45, 7) is 0. The quantitative estimate of drug-likeness (QED) is 0.439. The number of nitrogens with two attached hydrogens (primary N) is 1. The summed E-state index contributed by atoms with van der Waals surface area (Å²) >= 11 is 0. The van der Waals surface area contributed by atoms with Crippen LogP contribution in [0.25, 0.3) is 0 Å². The largest absolute Gasteiger partial charge is 0.504 e. The Morgan fingerprint density at radius 3 is 2.06 bits per heavy atom. The maximum Gasteiger partial charge on any atom is 0.305 e. The number of phenols is 3. The number of aliphatic carboxylic acids is 1. The lowest BCUT2D eigenvalue weighted by atomic mass is 10.0. The van der Waals surface area contributed by atoms with Crippen LogP contribution in [-0.4, -0.2) is 31.9 Å². The van der Waals surface area contributed by atoms with Gasteiger partial charge in [0.1, 0.15) is 0 Å². The Kier molecular flexibility index (Phi) is 4.55. The van der Waals surface area contributed by atoms with Crippen molar-refractivity contribution >= 4 is 5.97 Å². The fraction of sp³-hybridized carbons (Fsp3) is 0.222. The van der Waals surface area contributed by atoms with E-state index in [2.05, 4.69) is 0 Å². The molecule has 0 radical (unpaired) electrons. The first-order chi connectivity index (χ1) is 6.91. The van der Waals surface area contributed by atoms with Gasteiger partial charge in [-0.3, -0.25) is 4.79 Å². The molecule has 1 unspecified atom stereocenters. The van der Waals surface area contributed by atoms with E-state index in [0.29, 0.717) is 0 Å². The van der Waals surface area contributed by atoms with Crippen molar-refractivity contribution in [2.24, 2.45) is 5.73 Å². The third-order valence-corrected chi connectivity index (χ3v) is 1.91. The summed E-state index contributed by atoms with van der Waals surface area (Å²) < 4.78 is 0. The molecule has 0 amide bonds. The van der Waals surface area contributed by atoms with Crippen LogP contribution in [0.3, 0.4) is 0 Å². The third-order valence-electron chi connectivity index (χ3n) is 1.91. The minimum Gasteiger partial charge on any atom is -0.504 e. The molecule has 0 saturated carbocycles. The van der Waals surface area contributed by atoms with Gasteiger partial charge >= 0.3 is 5.97 Å². The van der Waals surface area contributed by atoms with Gasteiger partial charge in [-0.25, -0.2) is 0 Å². The molecule has 1 rings (SSSR count). The monoisotopic (exact) mass is 231 g/mol. The van der Waals surface area contributed by atoms with Crippen LogP contribution in [0.2, 0.25) is 0 Å². The Hall–Kier alpha value is -1.99. The fourth-order valence-electron chi connectivity index (χ4n) is 1.15. The van der Waals surface area contributed by atoms with Crippen molar-refractivity contribution < 1.29 is 30.7 Å². The molecule has 8 N–H and O–H groups in total. The second-order valence-electron chi connectivity index (χ2n) is 3.11. The van der Waals surface area contributed by atoms with Gasteiger partial charge in [0.25, 0.3) is 0 Å². The van der Waals surface area contributed by atoms with E-state index in [0.717, 1.165) is 12.1 Å². The van der Waals surface area contributed by atoms with E-state index in [1.54, 1.807) is 0 Å². The molecule has 0 bridgehead atoms. The Morgan fingerprint density at radius 1 is 1.25 bits per heavy atom. The highest BCUT2D eigenvalue weighted by atomic mass is 16.4. The number of hydrogen-bond acceptors (Lipinski definition) is 5. The van der Waals surface area contributed by atoms with Crippen molar-refractivity contribution in [1.82, 2.24) is 0 Å². The Labute approximate surface area is 90.7 Å². The van der Waals surface area contributed by atoms with Gasteiger partial charge in [0.05, 0.1) is 6.42 Å². The van der Waals surface area contributed by atoms with Crippen LogP contribution in [0.1, 0.15) is 18.0 Å². The highest BCUT2D eigenvalue weighted by Crippen LogP contribution is 2.37. The first kappa shape index (κ1) is 14.0. The molecule has 1 aromatic rings. The summed E-state index contributed by atoms with van der Waals surface area (Å²) in [5.74, 6) is -2.81. The molecule has 16 heavy (non-hydrogen) atoms. The lowest BCUT2D eigenvalue weighted by Gasteiger charge is -2.11. The predicted octanol–water partition coefficient (Wildman–Crippen LogP) is -0.547. The second-order valence-corrected chi connectivity index (χ2v) is 3.11. The smallest absolute Gasteiger partial charge is 0.305 e. The van der Waals surface area contributed by atoms with Crippen LogP contribution < -0.4 is 5.73 Å². The second kappa shape index (κ2) is 5.19.